The lowest BCUT2D eigenvalue weighted by Gasteiger charge is -2.16. The molecule has 0 fully saturated rings. The Morgan fingerprint density at radius 3 is 2.15 bits per heavy atom. The molecule has 0 rings (SSSR count). The Hall–Kier alpha value is -0.170. The summed E-state index contributed by atoms with van der Waals surface area (Å²) in [6.07, 6.45) is -0.0636. The molecule has 0 aliphatic rings. The second kappa shape index (κ2) is 5.54. The van der Waals surface area contributed by atoms with Crippen molar-refractivity contribution in [3.63, 3.8) is 0 Å². The quantitative estimate of drug-likeness (QED) is 0.634. The van der Waals surface area contributed by atoms with Crippen LogP contribution in [0.4, 0.5) is 0 Å². The molecule has 80 valence electrons. The zero-order chi connectivity index (χ0) is 10.5. The fraction of sp³-hybridized carbons (Fsp3) is 1.00. The predicted molar refractivity (Wildman–Crippen MR) is 47.6 cm³/mol. The molecule has 0 heterocycles. The fourth-order valence-electron chi connectivity index (χ4n) is 0.916. The molecule has 0 saturated heterocycles. The molecule has 0 amide bonds. The highest BCUT2D eigenvalue weighted by molar-refractivity contribution is 7.80. The van der Waals surface area contributed by atoms with Gasteiger partial charge in [0.1, 0.15) is 0 Å². The molecule has 2 atom stereocenters. The zero-order valence-corrected chi connectivity index (χ0v) is 8.62. The summed E-state index contributed by atoms with van der Waals surface area (Å²) in [5.74, 6) is 0. The van der Waals surface area contributed by atoms with Gasteiger partial charge in [-0.1, -0.05) is 13.8 Å². The maximum absolute atomic E-state index is 10.3. The zero-order valence-electron chi connectivity index (χ0n) is 7.80. The van der Waals surface area contributed by atoms with Gasteiger partial charge in [-0.2, -0.15) is 8.42 Å². The monoisotopic (exact) mass is 212 g/mol. The molecule has 5 nitrogen and oxygen atoms in total. The van der Waals surface area contributed by atoms with Crippen LogP contribution in [0.5, 0.6) is 0 Å². The van der Waals surface area contributed by atoms with Gasteiger partial charge in [0.25, 0.3) is 0 Å². The first-order valence-electron chi connectivity index (χ1n) is 4.22. The number of hydrogen-bond acceptors (Lipinski definition) is 4. The normalized spacial score (nSPS) is 16.9. The maximum atomic E-state index is 10.3. The van der Waals surface area contributed by atoms with E-state index in [4.69, 9.17) is 4.55 Å². The van der Waals surface area contributed by atoms with Crippen molar-refractivity contribution in [2.45, 2.75) is 45.3 Å². The van der Waals surface area contributed by atoms with Gasteiger partial charge in [0.2, 0.25) is 0 Å². The Morgan fingerprint density at radius 2 is 1.85 bits per heavy atom. The minimum absolute atomic E-state index is 0.215. The standard InChI is InChI=1S/C7H16O5S/c1-3-6(8)5-7(4-2)12-13(9,10)11/h6-8H,3-5H2,1-2H3,(H,9,10,11). The Bertz CT molecular complexity index is 223. The summed E-state index contributed by atoms with van der Waals surface area (Å²) < 4.78 is 33.3. The Balaban J connectivity index is 4.05. The summed E-state index contributed by atoms with van der Waals surface area (Å²) in [5.41, 5.74) is 0. The average Bonchev–Trinajstić information content (AvgIpc) is 2.00. The lowest BCUT2D eigenvalue weighted by Crippen LogP contribution is -2.22. The Labute approximate surface area is 78.7 Å². The molecule has 6 heteroatoms. The van der Waals surface area contributed by atoms with E-state index in [1.165, 1.54) is 0 Å². The minimum Gasteiger partial charge on any atom is -0.393 e. The van der Waals surface area contributed by atoms with Crippen molar-refractivity contribution in [2.75, 3.05) is 0 Å². The van der Waals surface area contributed by atoms with Gasteiger partial charge in [-0.3, -0.25) is 4.55 Å². The van der Waals surface area contributed by atoms with Crippen LogP contribution in [0.15, 0.2) is 0 Å². The summed E-state index contributed by atoms with van der Waals surface area (Å²) in [6.45, 7) is 3.50. The van der Waals surface area contributed by atoms with Gasteiger partial charge in [-0.05, 0) is 12.8 Å². The summed E-state index contributed by atoms with van der Waals surface area (Å²) >= 11 is 0. The van der Waals surface area contributed by atoms with Crippen molar-refractivity contribution in [3.05, 3.63) is 0 Å². The maximum Gasteiger partial charge on any atom is 0.397 e. The van der Waals surface area contributed by atoms with Crippen LogP contribution < -0.4 is 0 Å². The van der Waals surface area contributed by atoms with Crippen molar-refractivity contribution in [1.29, 1.82) is 0 Å². The van der Waals surface area contributed by atoms with Crippen LogP contribution in [0.25, 0.3) is 0 Å². The molecular formula is C7H16O5S. The SMILES string of the molecule is CCC(O)CC(CC)OS(=O)(=O)O. The van der Waals surface area contributed by atoms with Gasteiger partial charge >= 0.3 is 10.4 Å². The highest BCUT2D eigenvalue weighted by atomic mass is 32.3. The third kappa shape index (κ3) is 6.94. The van der Waals surface area contributed by atoms with E-state index in [1.54, 1.807) is 13.8 Å². The van der Waals surface area contributed by atoms with Crippen LogP contribution >= 0.6 is 0 Å². The van der Waals surface area contributed by atoms with Crippen LogP contribution in [-0.4, -0.2) is 30.3 Å². The van der Waals surface area contributed by atoms with Crippen LogP contribution in [0.1, 0.15) is 33.1 Å². The fourth-order valence-corrected chi connectivity index (χ4v) is 1.47. The van der Waals surface area contributed by atoms with Crippen molar-refractivity contribution in [1.82, 2.24) is 0 Å². The Morgan fingerprint density at radius 1 is 1.31 bits per heavy atom. The largest absolute Gasteiger partial charge is 0.397 e. The van der Waals surface area contributed by atoms with E-state index in [1.807, 2.05) is 0 Å². The van der Waals surface area contributed by atoms with E-state index in [9.17, 15) is 13.5 Å². The molecule has 0 aromatic heterocycles. The van der Waals surface area contributed by atoms with E-state index in [0.29, 0.717) is 12.8 Å². The first-order chi connectivity index (χ1) is 5.89. The third-order valence-electron chi connectivity index (χ3n) is 1.72. The molecule has 0 bridgehead atoms. The van der Waals surface area contributed by atoms with Crippen LogP contribution in [0.3, 0.4) is 0 Å². The summed E-state index contributed by atoms with van der Waals surface area (Å²) in [4.78, 5) is 0. The molecular weight excluding hydrogens is 196 g/mol. The van der Waals surface area contributed by atoms with E-state index in [0.717, 1.165) is 0 Å². The molecule has 0 aromatic carbocycles. The second-order valence-electron chi connectivity index (χ2n) is 2.85. The second-order valence-corrected chi connectivity index (χ2v) is 3.90. The minimum atomic E-state index is -4.40. The molecule has 2 N–H and O–H groups in total. The van der Waals surface area contributed by atoms with Gasteiger partial charge in [0.15, 0.2) is 0 Å². The van der Waals surface area contributed by atoms with Gasteiger partial charge < -0.3 is 5.11 Å². The summed E-state index contributed by atoms with van der Waals surface area (Å²) in [7, 11) is -4.40. The van der Waals surface area contributed by atoms with Crippen LogP contribution in [-0.2, 0) is 14.6 Å². The van der Waals surface area contributed by atoms with Gasteiger partial charge in [0, 0.05) is 6.42 Å². The van der Waals surface area contributed by atoms with E-state index in [-0.39, 0.29) is 6.42 Å². The molecule has 0 aliphatic heterocycles. The number of aliphatic hydroxyl groups is 1. The van der Waals surface area contributed by atoms with E-state index < -0.39 is 22.6 Å². The van der Waals surface area contributed by atoms with Gasteiger partial charge in [-0.15, -0.1) is 0 Å². The summed E-state index contributed by atoms with van der Waals surface area (Å²) in [5, 5.41) is 9.20. The lowest BCUT2D eigenvalue weighted by atomic mass is 10.1. The number of rotatable bonds is 6. The molecule has 0 spiro atoms. The number of aliphatic hydroxyl groups excluding tert-OH is 1. The van der Waals surface area contributed by atoms with E-state index in [2.05, 4.69) is 4.18 Å². The van der Waals surface area contributed by atoms with Crippen molar-refractivity contribution in [3.8, 4) is 0 Å². The molecule has 13 heavy (non-hydrogen) atoms. The van der Waals surface area contributed by atoms with Gasteiger partial charge in [-0.25, -0.2) is 4.18 Å². The van der Waals surface area contributed by atoms with Crippen molar-refractivity contribution >= 4 is 10.4 Å². The molecule has 0 radical (unpaired) electrons. The highest BCUT2D eigenvalue weighted by Gasteiger charge is 2.18. The topological polar surface area (TPSA) is 83.8 Å². The van der Waals surface area contributed by atoms with Crippen molar-refractivity contribution in [2.24, 2.45) is 0 Å². The molecule has 0 aliphatic carbocycles. The average molecular weight is 212 g/mol. The highest BCUT2D eigenvalue weighted by Crippen LogP contribution is 2.11. The molecule has 2 unspecified atom stereocenters. The van der Waals surface area contributed by atoms with Gasteiger partial charge in [0.05, 0.1) is 12.2 Å². The summed E-state index contributed by atoms with van der Waals surface area (Å²) in [6, 6.07) is 0. The van der Waals surface area contributed by atoms with Crippen molar-refractivity contribution < 1.29 is 22.3 Å². The Kier molecular flexibility index (Phi) is 5.46. The van der Waals surface area contributed by atoms with Crippen LogP contribution in [0, 0.1) is 0 Å². The van der Waals surface area contributed by atoms with Crippen LogP contribution in [0.2, 0.25) is 0 Å². The molecule has 0 aromatic rings. The molecule has 0 saturated carbocycles. The smallest absolute Gasteiger partial charge is 0.393 e. The van der Waals surface area contributed by atoms with E-state index >= 15 is 0 Å². The first-order valence-corrected chi connectivity index (χ1v) is 5.59. The number of hydrogen-bond donors (Lipinski definition) is 2. The third-order valence-corrected chi connectivity index (χ3v) is 2.23. The first kappa shape index (κ1) is 12.8. The predicted octanol–water partition coefficient (Wildman–Crippen LogP) is 0.745. The lowest BCUT2D eigenvalue weighted by molar-refractivity contribution is 0.0863.